The van der Waals surface area contributed by atoms with E-state index in [4.69, 9.17) is 9.72 Å². The first-order valence-corrected chi connectivity index (χ1v) is 25.4. The van der Waals surface area contributed by atoms with Crippen molar-refractivity contribution in [2.75, 3.05) is 81.8 Å². The van der Waals surface area contributed by atoms with Gasteiger partial charge in [-0.25, -0.2) is 18.7 Å². The number of hydrogen-bond acceptors (Lipinski definition) is 13. The van der Waals surface area contributed by atoms with E-state index in [0.717, 1.165) is 75.5 Å². The fourth-order valence-electron chi connectivity index (χ4n) is 9.37. The third-order valence-corrected chi connectivity index (χ3v) is 14.9. The Morgan fingerprint density at radius 1 is 0.938 bits per heavy atom. The summed E-state index contributed by atoms with van der Waals surface area (Å²) < 4.78 is 50.4. The lowest BCUT2D eigenvalue weighted by Crippen LogP contribution is -2.53. The number of ether oxygens (including phenoxy) is 1. The summed E-state index contributed by atoms with van der Waals surface area (Å²) >= 11 is 3.58. The minimum absolute atomic E-state index is 0.0597. The summed E-state index contributed by atoms with van der Waals surface area (Å²) in [6.45, 7) is 11.6. The van der Waals surface area contributed by atoms with E-state index in [2.05, 4.69) is 75.6 Å². The van der Waals surface area contributed by atoms with Gasteiger partial charge in [-0.3, -0.25) is 24.6 Å². The highest BCUT2D eigenvalue weighted by molar-refractivity contribution is 9.10. The number of fused-ring (bicyclic) bond motifs is 1. The minimum Gasteiger partial charge on any atom is -0.494 e. The molecule has 5 heterocycles. The van der Waals surface area contributed by atoms with Gasteiger partial charge in [0.2, 0.25) is 17.8 Å². The first kappa shape index (κ1) is 46.2. The summed E-state index contributed by atoms with van der Waals surface area (Å²) in [6, 6.07) is 14.3. The zero-order valence-corrected chi connectivity index (χ0v) is 39.4. The molecule has 2 amide bonds. The second-order valence-electron chi connectivity index (χ2n) is 17.2. The summed E-state index contributed by atoms with van der Waals surface area (Å²) in [5.41, 5.74) is 4.81. The van der Waals surface area contributed by atoms with Gasteiger partial charge in [0, 0.05) is 92.5 Å². The molecule has 3 aromatic carbocycles. The number of rotatable bonds is 14. The van der Waals surface area contributed by atoms with E-state index in [0.29, 0.717) is 80.4 Å². The Morgan fingerprint density at radius 2 is 1.68 bits per heavy atom. The number of imide groups is 1. The standard InChI is InChI=1S/C47H53BrF2N9O5P/c1-5-29-24-39(54-47-51-26-34(48)45(56-47)53-38-10-9-37-32(44(38)65(3,4)63)7-6-30(27-60)52-37)41(64-2)25-40(29)59-16-13-31(14-17-59)58-20-18-57(19-21-58)15-12-28-22-35(49)43(36(50)23-28)33-8-11-42(61)55-46(33)62/h6-7,9-10,22-27,31,33H,5,8,11-21H2,1-4H3,(H,55,61,62)(H2,51,53,54,56). The molecule has 0 radical (unpaired) electrons. The summed E-state index contributed by atoms with van der Waals surface area (Å²) in [5, 5.41) is 10.2. The maximum absolute atomic E-state index is 15.1. The first-order chi connectivity index (χ1) is 31.2. The number of aryl methyl sites for hydroxylation is 1. The predicted octanol–water partition coefficient (Wildman–Crippen LogP) is 7.53. The molecule has 3 aliphatic rings. The van der Waals surface area contributed by atoms with Gasteiger partial charge < -0.3 is 29.7 Å². The number of nitrogens with zero attached hydrogens (tertiary/aromatic N) is 6. The van der Waals surface area contributed by atoms with E-state index in [1.54, 1.807) is 50.9 Å². The molecule has 1 unspecified atom stereocenters. The van der Waals surface area contributed by atoms with Crippen LogP contribution in [0.15, 0.2) is 59.2 Å². The molecule has 14 nitrogen and oxygen atoms in total. The molecule has 18 heteroatoms. The van der Waals surface area contributed by atoms with Crippen LogP contribution >= 0.6 is 23.1 Å². The Bertz CT molecular complexity index is 2660. The summed E-state index contributed by atoms with van der Waals surface area (Å²) in [4.78, 5) is 56.3. The minimum atomic E-state index is -2.83. The van der Waals surface area contributed by atoms with E-state index in [1.165, 1.54) is 12.1 Å². The van der Waals surface area contributed by atoms with E-state index in [9.17, 15) is 18.9 Å². The average Bonchev–Trinajstić information content (AvgIpc) is 3.29. The number of carbonyl (C=O) groups is 3. The highest BCUT2D eigenvalue weighted by Crippen LogP contribution is 2.42. The number of halogens is 3. The number of anilines is 5. The Morgan fingerprint density at radius 3 is 2.34 bits per heavy atom. The lowest BCUT2D eigenvalue weighted by molar-refractivity contribution is -0.134. The van der Waals surface area contributed by atoms with E-state index < -0.39 is 36.5 Å². The zero-order valence-electron chi connectivity index (χ0n) is 36.9. The van der Waals surface area contributed by atoms with Crippen molar-refractivity contribution in [2.45, 2.75) is 57.4 Å². The van der Waals surface area contributed by atoms with Crippen LogP contribution in [0, 0.1) is 11.6 Å². The van der Waals surface area contributed by atoms with Gasteiger partial charge in [-0.2, -0.15) is 4.98 Å². The molecule has 0 bridgehead atoms. The molecule has 3 N–H and O–H groups in total. The van der Waals surface area contributed by atoms with Crippen molar-refractivity contribution in [3.63, 3.8) is 0 Å². The number of aromatic nitrogens is 3. The molecule has 5 aromatic rings. The molecule has 0 spiro atoms. The Labute approximate surface area is 385 Å². The van der Waals surface area contributed by atoms with Gasteiger partial charge in [0.15, 0.2) is 6.29 Å². The summed E-state index contributed by atoms with van der Waals surface area (Å²) in [6.07, 6.45) is 5.83. The molecule has 65 heavy (non-hydrogen) atoms. The summed E-state index contributed by atoms with van der Waals surface area (Å²) in [7, 11) is -1.19. The zero-order chi connectivity index (χ0) is 46.0. The molecule has 8 rings (SSSR count). The van der Waals surface area contributed by atoms with Crippen molar-refractivity contribution in [3.8, 4) is 5.75 Å². The van der Waals surface area contributed by atoms with E-state index in [1.807, 2.05) is 0 Å². The molecule has 3 aliphatic heterocycles. The molecule has 1 atom stereocenters. The van der Waals surface area contributed by atoms with E-state index in [-0.39, 0.29) is 18.4 Å². The van der Waals surface area contributed by atoms with Gasteiger partial charge in [0.25, 0.3) is 0 Å². The van der Waals surface area contributed by atoms with Gasteiger partial charge in [0.1, 0.15) is 36.0 Å². The Hall–Kier alpha value is -5.35. The van der Waals surface area contributed by atoms with Crippen molar-refractivity contribution in [1.82, 2.24) is 30.1 Å². The quantitative estimate of drug-likeness (QED) is 0.0570. The third-order valence-electron chi connectivity index (χ3n) is 12.7. The molecule has 0 aliphatic carbocycles. The van der Waals surface area contributed by atoms with Crippen LogP contribution in [-0.4, -0.2) is 115 Å². The SMILES string of the molecule is CCc1cc(Nc2ncc(Br)c(Nc3ccc4nc(C=O)ccc4c3P(C)(C)=O)n2)c(OC)cc1N1CCC(N2CCN(CCc3cc(F)c(C4CCC(=O)NC4=O)c(F)c3)CC2)CC1. The number of nitrogens with one attached hydrogen (secondary N) is 3. The number of methoxy groups -OCH3 is 1. The monoisotopic (exact) mass is 971 g/mol. The number of carbonyl (C=O) groups excluding carboxylic acids is 3. The fraction of sp³-hybridized carbons (Fsp3) is 0.404. The maximum Gasteiger partial charge on any atom is 0.234 e. The van der Waals surface area contributed by atoms with E-state index >= 15 is 8.78 Å². The topological polar surface area (TPSA) is 162 Å². The largest absolute Gasteiger partial charge is 0.494 e. The van der Waals surface area contributed by atoms with Crippen LogP contribution in [0.5, 0.6) is 5.75 Å². The number of pyridine rings is 1. The van der Waals surface area contributed by atoms with Crippen LogP contribution in [0.4, 0.5) is 37.6 Å². The van der Waals surface area contributed by atoms with Crippen LogP contribution in [-0.2, 0) is 27.0 Å². The van der Waals surface area contributed by atoms with Crippen LogP contribution < -0.4 is 30.9 Å². The van der Waals surface area contributed by atoms with Crippen molar-refractivity contribution in [2.24, 2.45) is 0 Å². The van der Waals surface area contributed by atoms with Crippen LogP contribution in [0.3, 0.4) is 0 Å². The molecule has 3 fully saturated rings. The average molecular weight is 973 g/mol. The van der Waals surface area contributed by atoms with Crippen LogP contribution in [0.25, 0.3) is 10.9 Å². The van der Waals surface area contributed by atoms with Crippen molar-refractivity contribution in [3.05, 3.63) is 93.2 Å². The van der Waals surface area contributed by atoms with Gasteiger partial charge in [-0.1, -0.05) is 6.92 Å². The molecule has 0 saturated carbocycles. The van der Waals surface area contributed by atoms with Crippen LogP contribution in [0.1, 0.15) is 65.7 Å². The predicted molar refractivity (Wildman–Crippen MR) is 253 cm³/mol. The number of piperazine rings is 1. The molecular formula is C47H53BrF2N9O5P. The van der Waals surface area contributed by atoms with Gasteiger partial charge >= 0.3 is 0 Å². The molecule has 2 aromatic heterocycles. The normalized spacial score (nSPS) is 17.9. The van der Waals surface area contributed by atoms with Crippen molar-refractivity contribution in [1.29, 1.82) is 0 Å². The second kappa shape index (κ2) is 19.6. The van der Waals surface area contributed by atoms with Crippen LogP contribution in [0.2, 0.25) is 0 Å². The Balaban J connectivity index is 0.875. The van der Waals surface area contributed by atoms with Gasteiger partial charge in [-0.15, -0.1) is 0 Å². The molecular weight excluding hydrogens is 919 g/mol. The lowest BCUT2D eigenvalue weighted by Gasteiger charge is -2.43. The van der Waals surface area contributed by atoms with Gasteiger partial charge in [-0.05, 0) is 115 Å². The fourth-order valence-corrected chi connectivity index (χ4v) is 11.1. The van der Waals surface area contributed by atoms with Crippen molar-refractivity contribution >= 4 is 86.2 Å². The smallest absolute Gasteiger partial charge is 0.234 e. The first-order valence-electron chi connectivity index (χ1n) is 22.0. The highest BCUT2D eigenvalue weighted by Gasteiger charge is 2.33. The number of benzene rings is 3. The molecule has 3 saturated heterocycles. The third kappa shape index (κ3) is 10.2. The Kier molecular flexibility index (Phi) is 13.9. The van der Waals surface area contributed by atoms with Crippen molar-refractivity contribution < 1.29 is 32.5 Å². The number of aldehydes is 1. The lowest BCUT2D eigenvalue weighted by atomic mass is 9.89. The summed E-state index contributed by atoms with van der Waals surface area (Å²) in [5.74, 6) is -2.09. The molecule has 342 valence electrons. The maximum atomic E-state index is 15.1. The number of amides is 2. The number of piperidine rings is 2. The van der Waals surface area contributed by atoms with Gasteiger partial charge in [0.05, 0.1) is 34.4 Å². The number of hydrogen-bond donors (Lipinski definition) is 3. The highest BCUT2D eigenvalue weighted by atomic mass is 79.9. The second-order valence-corrected chi connectivity index (χ2v) is 21.2.